The molecule has 0 heterocycles. The zero-order chi connectivity index (χ0) is 20.0. The zero-order valence-corrected chi connectivity index (χ0v) is 16.8. The first-order chi connectivity index (χ1) is 12.8. The predicted octanol–water partition coefficient (Wildman–Crippen LogP) is 5.74. The third-order valence-corrected chi connectivity index (χ3v) is 4.77. The van der Waals surface area contributed by atoms with E-state index < -0.39 is 0 Å². The Bertz CT molecular complexity index is 889. The van der Waals surface area contributed by atoms with Crippen LogP contribution < -0.4 is 0 Å². The van der Waals surface area contributed by atoms with Crippen molar-refractivity contribution in [3.63, 3.8) is 0 Å². The molecule has 1 aliphatic carbocycles. The monoisotopic (exact) mass is 361 g/mol. The lowest BCUT2D eigenvalue weighted by Crippen LogP contribution is -2.21. The van der Waals surface area contributed by atoms with Crippen molar-refractivity contribution in [2.75, 3.05) is 6.61 Å². The number of carbonyl (C=O) groups is 1. The lowest BCUT2D eigenvalue weighted by atomic mass is 9.73. The summed E-state index contributed by atoms with van der Waals surface area (Å²) < 4.78 is 4.90. The van der Waals surface area contributed by atoms with E-state index in [-0.39, 0.29) is 11.4 Å². The van der Waals surface area contributed by atoms with Gasteiger partial charge in [-0.2, -0.15) is 5.26 Å². The minimum atomic E-state index is -0.325. The summed E-state index contributed by atoms with van der Waals surface area (Å²) in [6, 6.07) is 8.68. The summed E-state index contributed by atoms with van der Waals surface area (Å²) in [6.07, 6.45) is 10.2. The topological polar surface area (TPSA) is 50.1 Å². The summed E-state index contributed by atoms with van der Waals surface area (Å²) in [5, 5.41) is 9.46. The van der Waals surface area contributed by atoms with Gasteiger partial charge in [0, 0.05) is 6.08 Å². The number of hydrogen-bond donors (Lipinski definition) is 0. The van der Waals surface area contributed by atoms with Gasteiger partial charge in [0.15, 0.2) is 0 Å². The first-order valence-corrected chi connectivity index (χ1v) is 9.24. The van der Waals surface area contributed by atoms with Crippen molar-refractivity contribution in [1.82, 2.24) is 0 Å². The van der Waals surface area contributed by atoms with Gasteiger partial charge in [-0.1, -0.05) is 50.3 Å². The van der Waals surface area contributed by atoms with Gasteiger partial charge < -0.3 is 4.74 Å². The van der Waals surface area contributed by atoms with Crippen molar-refractivity contribution in [1.29, 1.82) is 5.26 Å². The highest BCUT2D eigenvalue weighted by Crippen LogP contribution is 2.39. The Hall–Kier alpha value is -2.86. The van der Waals surface area contributed by atoms with Gasteiger partial charge in [0.1, 0.15) is 0 Å². The Balaban J connectivity index is 2.26. The fourth-order valence-electron chi connectivity index (χ4n) is 3.14. The molecule has 0 unspecified atom stereocenters. The molecule has 0 amide bonds. The molecule has 0 aromatic heterocycles. The van der Waals surface area contributed by atoms with Gasteiger partial charge in [0.25, 0.3) is 0 Å². The van der Waals surface area contributed by atoms with E-state index in [0.717, 1.165) is 34.3 Å². The molecule has 0 atom stereocenters. The van der Waals surface area contributed by atoms with Gasteiger partial charge in [-0.25, -0.2) is 4.79 Å². The van der Waals surface area contributed by atoms with Gasteiger partial charge in [-0.15, -0.1) is 0 Å². The molecule has 140 valence electrons. The predicted molar refractivity (Wildman–Crippen MR) is 111 cm³/mol. The van der Waals surface area contributed by atoms with E-state index in [2.05, 4.69) is 38.1 Å². The van der Waals surface area contributed by atoms with E-state index in [4.69, 9.17) is 4.74 Å². The minimum absolute atomic E-state index is 0.0424. The molecule has 1 aromatic carbocycles. The highest BCUT2D eigenvalue weighted by atomic mass is 16.5. The van der Waals surface area contributed by atoms with Gasteiger partial charge in [-0.05, 0) is 66.5 Å². The number of fused-ring (bicyclic) bond motifs is 1. The molecule has 0 aliphatic heterocycles. The molecule has 0 fully saturated rings. The standard InChI is InChI=1S/C24H27NO2/c1-6-27-23(26)14-17(2)8-7-9-18(3)19-10-11-22-21(15-19)20(16-25)12-13-24(22,4)5/h7-12,14-15H,6,13H2,1-5H3. The first-order valence-electron chi connectivity index (χ1n) is 9.24. The zero-order valence-electron chi connectivity index (χ0n) is 16.8. The Kier molecular flexibility index (Phi) is 6.58. The number of rotatable bonds is 5. The maximum atomic E-state index is 11.4. The van der Waals surface area contributed by atoms with Crippen LogP contribution in [0.3, 0.4) is 0 Å². The Morgan fingerprint density at radius 2 is 2.07 bits per heavy atom. The van der Waals surface area contributed by atoms with Crippen molar-refractivity contribution in [3.05, 3.63) is 70.8 Å². The SMILES string of the molecule is CCOC(=O)C=C(C)C=CC=C(C)c1ccc2c(c1)C(C#N)=CCC2(C)C. The molecule has 0 bridgehead atoms. The number of nitrogens with zero attached hydrogens (tertiary/aromatic N) is 1. The number of benzene rings is 1. The largest absolute Gasteiger partial charge is 0.463 e. The molecule has 0 N–H and O–H groups in total. The number of carbonyl (C=O) groups excluding carboxylic acids is 1. The van der Waals surface area contributed by atoms with Crippen molar-refractivity contribution in [2.45, 2.75) is 46.5 Å². The van der Waals surface area contributed by atoms with Crippen molar-refractivity contribution in [2.24, 2.45) is 0 Å². The Morgan fingerprint density at radius 1 is 1.33 bits per heavy atom. The summed E-state index contributed by atoms with van der Waals surface area (Å²) in [4.78, 5) is 11.4. The second-order valence-corrected chi connectivity index (χ2v) is 7.43. The molecule has 1 aliphatic rings. The second kappa shape index (κ2) is 8.68. The van der Waals surface area contributed by atoms with Crippen LogP contribution in [0.2, 0.25) is 0 Å². The number of hydrogen-bond acceptors (Lipinski definition) is 3. The fourth-order valence-corrected chi connectivity index (χ4v) is 3.14. The van der Waals surface area contributed by atoms with Gasteiger partial charge in [0.05, 0.1) is 18.2 Å². The molecule has 0 saturated heterocycles. The summed E-state index contributed by atoms with van der Waals surface area (Å²) in [5.41, 5.74) is 6.06. The molecule has 3 nitrogen and oxygen atoms in total. The Labute approximate surface area is 162 Å². The summed E-state index contributed by atoms with van der Waals surface area (Å²) in [5.74, 6) is -0.325. The third-order valence-electron chi connectivity index (χ3n) is 4.77. The second-order valence-electron chi connectivity index (χ2n) is 7.43. The molecule has 3 heteroatoms. The highest BCUT2D eigenvalue weighted by Gasteiger charge is 2.28. The van der Waals surface area contributed by atoms with Gasteiger partial charge in [-0.3, -0.25) is 0 Å². The number of nitriles is 1. The normalized spacial score (nSPS) is 16.5. The molecule has 0 saturated carbocycles. The quantitative estimate of drug-likeness (QED) is 0.381. The van der Waals surface area contributed by atoms with E-state index >= 15 is 0 Å². The van der Waals surface area contributed by atoms with Crippen LogP contribution in [0.4, 0.5) is 0 Å². The molecular weight excluding hydrogens is 334 g/mol. The maximum absolute atomic E-state index is 11.4. The molecule has 1 aromatic rings. The molecule has 0 spiro atoms. The Morgan fingerprint density at radius 3 is 2.74 bits per heavy atom. The molecule has 0 radical (unpaired) electrons. The average Bonchev–Trinajstić information content (AvgIpc) is 2.61. The molecule has 2 rings (SSSR count). The number of esters is 1. The van der Waals surface area contributed by atoms with Crippen LogP contribution in [0.5, 0.6) is 0 Å². The van der Waals surface area contributed by atoms with Crippen LogP contribution in [0.15, 0.2) is 54.2 Å². The third kappa shape index (κ3) is 5.08. The number of ether oxygens (including phenoxy) is 1. The average molecular weight is 361 g/mol. The molecular formula is C24H27NO2. The van der Waals surface area contributed by atoms with Crippen LogP contribution >= 0.6 is 0 Å². The maximum Gasteiger partial charge on any atom is 0.330 e. The lowest BCUT2D eigenvalue weighted by Gasteiger charge is -2.30. The van der Waals surface area contributed by atoms with Crippen LogP contribution in [-0.4, -0.2) is 12.6 Å². The van der Waals surface area contributed by atoms with Gasteiger partial charge >= 0.3 is 5.97 Å². The lowest BCUT2D eigenvalue weighted by molar-refractivity contribution is -0.137. The van der Waals surface area contributed by atoms with E-state index in [1.807, 2.05) is 38.2 Å². The minimum Gasteiger partial charge on any atom is -0.463 e. The van der Waals surface area contributed by atoms with Crippen molar-refractivity contribution in [3.8, 4) is 6.07 Å². The summed E-state index contributed by atoms with van der Waals surface area (Å²) >= 11 is 0. The fraction of sp³-hybridized carbons (Fsp3) is 0.333. The van der Waals surface area contributed by atoms with E-state index in [1.165, 1.54) is 11.6 Å². The van der Waals surface area contributed by atoms with E-state index in [1.54, 1.807) is 6.92 Å². The first kappa shape index (κ1) is 20.5. The van der Waals surface area contributed by atoms with E-state index in [9.17, 15) is 10.1 Å². The summed E-state index contributed by atoms with van der Waals surface area (Å²) in [7, 11) is 0. The van der Waals surface area contributed by atoms with Crippen LogP contribution in [0, 0.1) is 11.3 Å². The van der Waals surface area contributed by atoms with Crippen LogP contribution in [0.25, 0.3) is 11.1 Å². The number of allylic oxidation sites excluding steroid dienone is 7. The molecule has 27 heavy (non-hydrogen) atoms. The van der Waals surface area contributed by atoms with Crippen LogP contribution in [0.1, 0.15) is 57.7 Å². The smallest absolute Gasteiger partial charge is 0.330 e. The van der Waals surface area contributed by atoms with Gasteiger partial charge in [0.2, 0.25) is 0 Å². The summed E-state index contributed by atoms with van der Waals surface area (Å²) in [6.45, 7) is 10.5. The van der Waals surface area contributed by atoms with E-state index in [0.29, 0.717) is 6.61 Å². The highest BCUT2D eigenvalue weighted by molar-refractivity contribution is 5.84. The van der Waals surface area contributed by atoms with Crippen molar-refractivity contribution >= 4 is 17.1 Å². The van der Waals surface area contributed by atoms with Crippen molar-refractivity contribution < 1.29 is 9.53 Å². The van der Waals surface area contributed by atoms with Crippen LogP contribution in [-0.2, 0) is 14.9 Å².